The van der Waals surface area contributed by atoms with E-state index in [2.05, 4.69) is 6.92 Å². The van der Waals surface area contributed by atoms with Crippen LogP contribution >= 0.6 is 24.0 Å². The fraction of sp³-hybridized carbons (Fsp3) is 0.269. The molecule has 0 radical (unpaired) electrons. The molecule has 0 atom stereocenters. The number of thioether (sulfide) groups is 1. The van der Waals surface area contributed by atoms with Crippen molar-refractivity contribution < 1.29 is 9.53 Å². The van der Waals surface area contributed by atoms with E-state index in [1.54, 1.807) is 4.90 Å². The predicted molar refractivity (Wildman–Crippen MR) is 140 cm³/mol. The third-order valence-electron chi connectivity index (χ3n) is 5.27. The molecule has 0 unspecified atom stereocenters. The van der Waals surface area contributed by atoms with Crippen LogP contribution in [0.5, 0.6) is 5.75 Å². The first-order valence-corrected chi connectivity index (χ1v) is 12.5. The molecule has 1 saturated heterocycles. The fourth-order valence-electron chi connectivity index (χ4n) is 3.53. The van der Waals surface area contributed by atoms with Crippen molar-refractivity contribution in [2.45, 2.75) is 33.1 Å². The molecular weight excluding hydrogens is 450 g/mol. The smallest absolute Gasteiger partial charge is 0.266 e. The molecule has 1 fully saturated rings. The summed E-state index contributed by atoms with van der Waals surface area (Å²) < 4.78 is 8.26. The van der Waals surface area contributed by atoms with Crippen LogP contribution in [-0.4, -0.2) is 38.1 Å². The van der Waals surface area contributed by atoms with E-state index in [9.17, 15) is 4.79 Å². The van der Waals surface area contributed by atoms with Gasteiger partial charge in [0.05, 0.1) is 22.9 Å². The van der Waals surface area contributed by atoms with E-state index < -0.39 is 0 Å². The van der Waals surface area contributed by atoms with E-state index in [0.29, 0.717) is 22.4 Å². The Morgan fingerprint density at radius 3 is 2.52 bits per heavy atom. The molecule has 33 heavy (non-hydrogen) atoms. The van der Waals surface area contributed by atoms with Gasteiger partial charge in [-0.3, -0.25) is 9.69 Å². The predicted octanol–water partition coefficient (Wildman–Crippen LogP) is 6.33. The Morgan fingerprint density at radius 2 is 1.82 bits per heavy atom. The second-order valence-corrected chi connectivity index (χ2v) is 9.45. The zero-order valence-corrected chi connectivity index (χ0v) is 20.5. The average molecular weight is 478 g/mol. The minimum atomic E-state index is -0.0371. The van der Waals surface area contributed by atoms with Crippen LogP contribution in [0, 0.1) is 0 Å². The molecular formula is C26H27N3O2S2. The number of rotatable bonds is 9. The van der Waals surface area contributed by atoms with Crippen LogP contribution in [0.3, 0.4) is 0 Å². The Morgan fingerprint density at radius 1 is 1.06 bits per heavy atom. The van der Waals surface area contributed by atoms with Crippen molar-refractivity contribution in [3.05, 3.63) is 71.3 Å². The number of nitrogens with zero attached hydrogens (tertiary/aromatic N) is 3. The van der Waals surface area contributed by atoms with Gasteiger partial charge >= 0.3 is 0 Å². The molecule has 1 aliphatic heterocycles. The molecule has 0 aliphatic carbocycles. The van der Waals surface area contributed by atoms with Crippen LogP contribution in [0.2, 0.25) is 0 Å². The van der Waals surface area contributed by atoms with Gasteiger partial charge in [-0.15, -0.1) is 0 Å². The first kappa shape index (κ1) is 23.3. The van der Waals surface area contributed by atoms with Crippen molar-refractivity contribution in [2.24, 2.45) is 0 Å². The topological polar surface area (TPSA) is 47.4 Å². The molecule has 5 nitrogen and oxygen atoms in total. The second-order valence-electron chi connectivity index (χ2n) is 7.77. The maximum absolute atomic E-state index is 12.9. The number of aromatic nitrogens is 2. The summed E-state index contributed by atoms with van der Waals surface area (Å²) in [7, 11) is 0. The maximum Gasteiger partial charge on any atom is 0.266 e. The van der Waals surface area contributed by atoms with Crippen molar-refractivity contribution in [3.63, 3.8) is 0 Å². The summed E-state index contributed by atoms with van der Waals surface area (Å²) >= 11 is 6.79. The van der Waals surface area contributed by atoms with Gasteiger partial charge in [0.1, 0.15) is 10.1 Å². The van der Waals surface area contributed by atoms with E-state index >= 15 is 0 Å². The highest BCUT2D eigenvalue weighted by molar-refractivity contribution is 8.26. The third kappa shape index (κ3) is 5.37. The van der Waals surface area contributed by atoms with Crippen molar-refractivity contribution in [1.29, 1.82) is 0 Å². The lowest BCUT2D eigenvalue weighted by molar-refractivity contribution is -0.122. The van der Waals surface area contributed by atoms with Gasteiger partial charge in [0.2, 0.25) is 0 Å². The molecule has 4 rings (SSSR count). The zero-order valence-electron chi connectivity index (χ0n) is 18.9. The van der Waals surface area contributed by atoms with Crippen LogP contribution in [-0.2, 0) is 4.79 Å². The molecule has 0 N–H and O–H groups in total. The lowest BCUT2D eigenvalue weighted by atomic mass is 10.1. The van der Waals surface area contributed by atoms with Gasteiger partial charge in [0.25, 0.3) is 5.91 Å². The SMILES string of the molecule is CCCCOc1ccc(-c2nn(-c3ccccc3)cc2C=C2SC(=S)N(CCC)C2=O)cc1. The molecule has 1 aliphatic rings. The standard InChI is InChI=1S/C26H27N3O2S2/c1-3-5-16-31-22-13-11-19(12-14-22)24-20(18-29(27-24)21-9-7-6-8-10-21)17-23-25(30)28(15-4-2)26(32)33-23/h6-14,17-18H,3-5,15-16H2,1-2H3. The highest BCUT2D eigenvalue weighted by Crippen LogP contribution is 2.35. The first-order chi connectivity index (χ1) is 16.1. The summed E-state index contributed by atoms with van der Waals surface area (Å²) in [5.74, 6) is 0.807. The molecule has 2 heterocycles. The summed E-state index contributed by atoms with van der Waals surface area (Å²) in [5.41, 5.74) is 3.59. The Hall–Kier alpha value is -2.90. The van der Waals surface area contributed by atoms with Crippen molar-refractivity contribution in [2.75, 3.05) is 13.2 Å². The fourth-order valence-corrected chi connectivity index (χ4v) is 4.83. The third-order valence-corrected chi connectivity index (χ3v) is 6.64. The monoisotopic (exact) mass is 477 g/mol. The summed E-state index contributed by atoms with van der Waals surface area (Å²) in [6.07, 6.45) is 6.86. The van der Waals surface area contributed by atoms with Crippen molar-refractivity contribution >= 4 is 40.3 Å². The molecule has 170 valence electrons. The summed E-state index contributed by atoms with van der Waals surface area (Å²) in [5, 5.41) is 4.86. The number of thiocarbonyl (C=S) groups is 1. The molecule has 2 aromatic carbocycles. The first-order valence-electron chi connectivity index (χ1n) is 11.2. The Balaban J connectivity index is 1.70. The van der Waals surface area contributed by atoms with Gasteiger partial charge in [-0.05, 0) is 55.3 Å². The molecule has 3 aromatic rings. The molecule has 1 amide bonds. The molecule has 0 spiro atoms. The zero-order chi connectivity index (χ0) is 23.2. The van der Waals surface area contributed by atoms with Crippen LogP contribution in [0.1, 0.15) is 38.7 Å². The number of amides is 1. The Kier molecular flexibility index (Phi) is 7.62. The molecule has 0 bridgehead atoms. The van der Waals surface area contributed by atoms with E-state index in [4.69, 9.17) is 22.1 Å². The number of carbonyl (C=O) groups is 1. The number of hydrogen-bond acceptors (Lipinski definition) is 5. The number of hydrogen-bond donors (Lipinski definition) is 0. The van der Waals surface area contributed by atoms with Gasteiger partial charge < -0.3 is 4.74 Å². The lowest BCUT2D eigenvalue weighted by Crippen LogP contribution is -2.28. The minimum absolute atomic E-state index is 0.0371. The Labute approximate surface area is 204 Å². The molecule has 7 heteroatoms. The van der Waals surface area contributed by atoms with Crippen LogP contribution in [0.15, 0.2) is 65.7 Å². The normalized spacial score (nSPS) is 15.0. The van der Waals surface area contributed by atoms with Gasteiger partial charge in [-0.25, -0.2) is 4.68 Å². The highest BCUT2D eigenvalue weighted by Gasteiger charge is 2.31. The molecule has 0 saturated carbocycles. The van der Waals surface area contributed by atoms with E-state index in [-0.39, 0.29) is 5.91 Å². The van der Waals surface area contributed by atoms with E-state index in [0.717, 1.165) is 47.5 Å². The van der Waals surface area contributed by atoms with Gasteiger partial charge in [-0.2, -0.15) is 5.10 Å². The van der Waals surface area contributed by atoms with Gasteiger partial charge in [0.15, 0.2) is 0 Å². The lowest BCUT2D eigenvalue weighted by Gasteiger charge is -2.11. The number of carbonyl (C=O) groups excluding carboxylic acids is 1. The van der Waals surface area contributed by atoms with Crippen molar-refractivity contribution in [1.82, 2.24) is 14.7 Å². The van der Waals surface area contributed by atoms with Crippen LogP contribution in [0.25, 0.3) is 23.0 Å². The minimum Gasteiger partial charge on any atom is -0.494 e. The summed E-state index contributed by atoms with van der Waals surface area (Å²) in [6, 6.07) is 17.9. The number of para-hydroxylation sites is 1. The Bertz CT molecular complexity index is 1150. The van der Waals surface area contributed by atoms with Crippen molar-refractivity contribution in [3.8, 4) is 22.7 Å². The summed E-state index contributed by atoms with van der Waals surface area (Å²) in [4.78, 5) is 15.2. The number of benzene rings is 2. The van der Waals surface area contributed by atoms with Crippen LogP contribution < -0.4 is 4.74 Å². The second kappa shape index (κ2) is 10.8. The van der Waals surface area contributed by atoms with Gasteiger partial charge in [-0.1, -0.05) is 62.4 Å². The largest absolute Gasteiger partial charge is 0.494 e. The average Bonchev–Trinajstić information content (AvgIpc) is 3.37. The number of ether oxygens (including phenoxy) is 1. The molecule has 1 aromatic heterocycles. The maximum atomic E-state index is 12.9. The van der Waals surface area contributed by atoms with E-state index in [1.165, 1.54) is 11.8 Å². The van der Waals surface area contributed by atoms with E-state index in [1.807, 2.05) is 78.5 Å². The van der Waals surface area contributed by atoms with Gasteiger partial charge in [0, 0.05) is 23.9 Å². The number of unbranched alkanes of at least 4 members (excludes halogenated alkanes) is 1. The summed E-state index contributed by atoms with van der Waals surface area (Å²) in [6.45, 7) is 5.54. The highest BCUT2D eigenvalue weighted by atomic mass is 32.2. The quantitative estimate of drug-likeness (QED) is 0.205. The van der Waals surface area contributed by atoms with Crippen LogP contribution in [0.4, 0.5) is 0 Å².